The second kappa shape index (κ2) is 8.55. The van der Waals surface area contributed by atoms with Crippen LogP contribution >= 0.6 is 0 Å². The molecule has 0 aliphatic heterocycles. The maximum atomic E-state index is 10.6. The summed E-state index contributed by atoms with van der Waals surface area (Å²) in [4.78, 5) is 2.44. The van der Waals surface area contributed by atoms with E-state index in [0.717, 1.165) is 25.2 Å². The normalized spacial score (nSPS) is 15.4. The van der Waals surface area contributed by atoms with Crippen molar-refractivity contribution in [3.05, 3.63) is 34.9 Å². The Labute approximate surface area is 130 Å². The molecule has 0 saturated carbocycles. The zero-order valence-electron chi connectivity index (χ0n) is 13.8. The number of hydrogen-bond acceptors (Lipinski definition) is 2. The van der Waals surface area contributed by atoms with Gasteiger partial charge in [-0.05, 0) is 61.9 Å². The first-order valence-corrected chi connectivity index (χ1v) is 8.76. The molecule has 21 heavy (non-hydrogen) atoms. The fourth-order valence-corrected chi connectivity index (χ4v) is 3.21. The highest BCUT2D eigenvalue weighted by Crippen LogP contribution is 2.26. The third-order valence-corrected chi connectivity index (χ3v) is 4.59. The Kier molecular flexibility index (Phi) is 6.72. The van der Waals surface area contributed by atoms with Gasteiger partial charge in [0.2, 0.25) is 0 Å². The smallest absolute Gasteiger partial charge is 0.0917 e. The molecule has 1 N–H and O–H groups in total. The summed E-state index contributed by atoms with van der Waals surface area (Å²) in [7, 11) is 0. The minimum absolute atomic E-state index is 0.343. The van der Waals surface area contributed by atoms with Crippen molar-refractivity contribution in [3.8, 4) is 0 Å². The fraction of sp³-hybridized carbons (Fsp3) is 0.684. The lowest BCUT2D eigenvalue weighted by molar-refractivity contribution is 0.111. The summed E-state index contributed by atoms with van der Waals surface area (Å²) in [5.74, 6) is 0. The van der Waals surface area contributed by atoms with Gasteiger partial charge in [0.05, 0.1) is 6.10 Å². The molecule has 1 aliphatic carbocycles. The first-order valence-electron chi connectivity index (χ1n) is 8.76. The molecule has 1 aromatic rings. The van der Waals surface area contributed by atoms with Crippen LogP contribution < -0.4 is 0 Å². The topological polar surface area (TPSA) is 23.5 Å². The lowest BCUT2D eigenvalue weighted by Crippen LogP contribution is -2.30. The summed E-state index contributed by atoms with van der Waals surface area (Å²) in [6, 6.07) is 6.60. The molecule has 1 unspecified atom stereocenters. The monoisotopic (exact) mass is 289 g/mol. The van der Waals surface area contributed by atoms with Crippen LogP contribution in [0.5, 0.6) is 0 Å². The lowest BCUT2D eigenvalue weighted by atomic mass is 10.0. The Morgan fingerprint density at radius 2 is 1.71 bits per heavy atom. The van der Waals surface area contributed by atoms with Crippen LogP contribution in [-0.2, 0) is 12.8 Å². The number of rotatable bonds is 9. The van der Waals surface area contributed by atoms with Crippen LogP contribution in [0.2, 0.25) is 0 Å². The number of fused-ring (bicyclic) bond motifs is 1. The number of nitrogens with zero attached hydrogens (tertiary/aromatic N) is 1. The van der Waals surface area contributed by atoms with E-state index in [1.807, 2.05) is 0 Å². The van der Waals surface area contributed by atoms with Crippen molar-refractivity contribution in [2.45, 2.75) is 64.9 Å². The molecule has 1 aromatic carbocycles. The van der Waals surface area contributed by atoms with E-state index >= 15 is 0 Å². The van der Waals surface area contributed by atoms with Crippen LogP contribution in [0.4, 0.5) is 0 Å². The summed E-state index contributed by atoms with van der Waals surface area (Å²) < 4.78 is 0. The van der Waals surface area contributed by atoms with Gasteiger partial charge in [0, 0.05) is 6.54 Å². The van der Waals surface area contributed by atoms with Gasteiger partial charge in [0.1, 0.15) is 0 Å². The van der Waals surface area contributed by atoms with Gasteiger partial charge in [-0.3, -0.25) is 0 Å². The van der Waals surface area contributed by atoms with E-state index in [0.29, 0.717) is 0 Å². The molecule has 0 radical (unpaired) electrons. The molecule has 118 valence electrons. The van der Waals surface area contributed by atoms with Crippen molar-refractivity contribution in [3.63, 3.8) is 0 Å². The molecular formula is C19H31NO. The third kappa shape index (κ3) is 4.82. The summed E-state index contributed by atoms with van der Waals surface area (Å²) in [5, 5.41) is 10.6. The zero-order chi connectivity index (χ0) is 15.1. The van der Waals surface area contributed by atoms with E-state index < -0.39 is 0 Å². The molecule has 1 aliphatic rings. The van der Waals surface area contributed by atoms with Crippen molar-refractivity contribution in [2.24, 2.45) is 0 Å². The first kappa shape index (κ1) is 16.5. The van der Waals surface area contributed by atoms with Crippen molar-refractivity contribution in [2.75, 3.05) is 19.6 Å². The number of unbranched alkanes of at least 4 members (excludes halogenated alkanes) is 2. The van der Waals surface area contributed by atoms with Crippen molar-refractivity contribution in [1.82, 2.24) is 4.90 Å². The molecule has 2 heteroatoms. The van der Waals surface area contributed by atoms with Gasteiger partial charge >= 0.3 is 0 Å². The second-order valence-corrected chi connectivity index (χ2v) is 6.41. The summed E-state index contributed by atoms with van der Waals surface area (Å²) in [5.41, 5.74) is 4.05. The largest absolute Gasteiger partial charge is 0.387 e. The van der Waals surface area contributed by atoms with Gasteiger partial charge in [0.25, 0.3) is 0 Å². The van der Waals surface area contributed by atoms with E-state index in [1.54, 1.807) is 0 Å². The number of benzene rings is 1. The van der Waals surface area contributed by atoms with Crippen LogP contribution in [-0.4, -0.2) is 29.6 Å². The third-order valence-electron chi connectivity index (χ3n) is 4.59. The van der Waals surface area contributed by atoms with E-state index in [9.17, 15) is 5.11 Å². The Balaban J connectivity index is 1.95. The van der Waals surface area contributed by atoms with Crippen molar-refractivity contribution in [1.29, 1.82) is 0 Å². The van der Waals surface area contributed by atoms with Gasteiger partial charge in [-0.2, -0.15) is 0 Å². The Morgan fingerprint density at radius 3 is 2.38 bits per heavy atom. The standard InChI is InChI=1S/C19H31NO/c1-3-5-12-20(13-6-4-2)15-19(21)18-11-10-16-8-7-9-17(16)14-18/h10-11,14,19,21H,3-9,12-13,15H2,1-2H3. The fourth-order valence-electron chi connectivity index (χ4n) is 3.21. The molecule has 0 heterocycles. The van der Waals surface area contributed by atoms with Gasteiger partial charge in [-0.25, -0.2) is 0 Å². The average Bonchev–Trinajstić information content (AvgIpc) is 2.97. The number of hydrogen-bond donors (Lipinski definition) is 1. The predicted octanol–water partition coefficient (Wildman–Crippen LogP) is 4.11. The van der Waals surface area contributed by atoms with Crippen LogP contribution in [0.15, 0.2) is 18.2 Å². The zero-order valence-corrected chi connectivity index (χ0v) is 13.8. The Morgan fingerprint density at radius 1 is 1.05 bits per heavy atom. The highest BCUT2D eigenvalue weighted by atomic mass is 16.3. The molecule has 2 rings (SSSR count). The average molecular weight is 289 g/mol. The lowest BCUT2D eigenvalue weighted by Gasteiger charge is -2.25. The van der Waals surface area contributed by atoms with Crippen LogP contribution in [0.1, 0.15) is 68.7 Å². The molecule has 0 saturated heterocycles. The van der Waals surface area contributed by atoms with Crippen molar-refractivity contribution < 1.29 is 5.11 Å². The van der Waals surface area contributed by atoms with Crippen molar-refractivity contribution >= 4 is 0 Å². The SMILES string of the molecule is CCCCN(CCCC)CC(O)c1ccc2c(c1)CCC2. The van der Waals surface area contributed by atoms with E-state index in [4.69, 9.17) is 0 Å². The number of aryl methyl sites for hydroxylation is 2. The molecule has 0 fully saturated rings. The van der Waals surface area contributed by atoms with Gasteiger partial charge in [-0.1, -0.05) is 44.9 Å². The minimum Gasteiger partial charge on any atom is -0.387 e. The number of aliphatic hydroxyl groups excluding tert-OH is 1. The van der Waals surface area contributed by atoms with Gasteiger partial charge in [0.15, 0.2) is 0 Å². The van der Waals surface area contributed by atoms with E-state index in [1.165, 1.54) is 56.1 Å². The minimum atomic E-state index is -0.343. The highest BCUT2D eigenvalue weighted by Gasteiger charge is 2.16. The van der Waals surface area contributed by atoms with Crippen LogP contribution in [0, 0.1) is 0 Å². The quantitative estimate of drug-likeness (QED) is 0.739. The van der Waals surface area contributed by atoms with E-state index in [-0.39, 0.29) is 6.10 Å². The summed E-state index contributed by atoms with van der Waals surface area (Å²) in [6.07, 6.45) is 8.21. The molecule has 0 spiro atoms. The maximum Gasteiger partial charge on any atom is 0.0917 e. The predicted molar refractivity (Wildman–Crippen MR) is 89.7 cm³/mol. The Hall–Kier alpha value is -0.860. The van der Waals surface area contributed by atoms with Gasteiger partial charge in [-0.15, -0.1) is 0 Å². The maximum absolute atomic E-state index is 10.6. The summed E-state index contributed by atoms with van der Waals surface area (Å²) in [6.45, 7) is 7.46. The Bertz CT molecular complexity index is 422. The van der Waals surface area contributed by atoms with E-state index in [2.05, 4.69) is 36.9 Å². The molecule has 0 amide bonds. The molecule has 2 nitrogen and oxygen atoms in total. The first-order chi connectivity index (χ1) is 10.2. The van der Waals surface area contributed by atoms with Gasteiger partial charge < -0.3 is 10.0 Å². The molecule has 0 aromatic heterocycles. The van der Waals surface area contributed by atoms with Crippen LogP contribution in [0.3, 0.4) is 0 Å². The molecule has 1 atom stereocenters. The molecule has 0 bridgehead atoms. The molecular weight excluding hydrogens is 258 g/mol. The van der Waals surface area contributed by atoms with Crippen LogP contribution in [0.25, 0.3) is 0 Å². The summed E-state index contributed by atoms with van der Waals surface area (Å²) >= 11 is 0. The second-order valence-electron chi connectivity index (χ2n) is 6.41. The number of aliphatic hydroxyl groups is 1. The highest BCUT2D eigenvalue weighted by molar-refractivity contribution is 5.36.